The van der Waals surface area contributed by atoms with Crippen LogP contribution < -0.4 is 0 Å². The lowest BCUT2D eigenvalue weighted by atomic mass is 10.00. The summed E-state index contributed by atoms with van der Waals surface area (Å²) in [5.74, 6) is -0.291. The second kappa shape index (κ2) is 9.53. The van der Waals surface area contributed by atoms with Gasteiger partial charge in [-0.15, -0.1) is 0 Å². The third-order valence-electron chi connectivity index (χ3n) is 7.55. The fourth-order valence-corrected chi connectivity index (χ4v) is 4.89. The molecule has 4 heterocycles. The maximum Gasteiger partial charge on any atom is 0.339 e. The van der Waals surface area contributed by atoms with Crippen molar-refractivity contribution in [2.75, 3.05) is 27.2 Å². The Morgan fingerprint density at radius 2 is 1.94 bits per heavy atom. The van der Waals surface area contributed by atoms with Gasteiger partial charge in [0.05, 0.1) is 22.6 Å². The van der Waals surface area contributed by atoms with Gasteiger partial charge >= 0.3 is 5.97 Å². The van der Waals surface area contributed by atoms with Crippen molar-refractivity contribution in [1.82, 2.24) is 24.0 Å². The summed E-state index contributed by atoms with van der Waals surface area (Å²) in [6.45, 7) is 14.3. The van der Waals surface area contributed by atoms with Crippen molar-refractivity contribution in [1.29, 1.82) is 0 Å². The molecule has 188 valence electrons. The van der Waals surface area contributed by atoms with E-state index in [1.807, 2.05) is 51.6 Å². The standard InChI is InChI=1S/C28H39N5O2/c1-9-28(4,5)35-27(34)24-17-23-16-21(25-10-13-29-31(25)8)18-33(23)26(19(24)2)20(3)32-14-11-22(12-15-32)30(6)7/h10,13,16-18,22H,3,9,11-12,14-15H2,1-2,4-8H3. The summed E-state index contributed by atoms with van der Waals surface area (Å²) in [7, 11) is 6.23. The number of hydrogen-bond acceptors (Lipinski definition) is 5. The average molecular weight is 478 g/mol. The van der Waals surface area contributed by atoms with E-state index in [1.54, 1.807) is 6.20 Å². The highest BCUT2D eigenvalue weighted by Gasteiger charge is 2.28. The summed E-state index contributed by atoms with van der Waals surface area (Å²) in [6, 6.07) is 6.63. The molecule has 1 fully saturated rings. The van der Waals surface area contributed by atoms with Gasteiger partial charge in [-0.3, -0.25) is 4.68 Å². The molecule has 3 aromatic rings. The zero-order valence-corrected chi connectivity index (χ0v) is 22.3. The molecule has 0 saturated carbocycles. The Labute approximate surface area is 209 Å². The Balaban J connectivity index is 1.81. The van der Waals surface area contributed by atoms with Gasteiger partial charge in [-0.2, -0.15) is 5.10 Å². The zero-order chi connectivity index (χ0) is 25.5. The molecule has 35 heavy (non-hydrogen) atoms. The van der Waals surface area contributed by atoms with Crippen LogP contribution in [-0.2, 0) is 11.8 Å². The normalized spacial score (nSPS) is 15.3. The van der Waals surface area contributed by atoms with Crippen molar-refractivity contribution < 1.29 is 9.53 Å². The van der Waals surface area contributed by atoms with Gasteiger partial charge in [0.15, 0.2) is 0 Å². The predicted molar refractivity (Wildman–Crippen MR) is 141 cm³/mol. The highest BCUT2D eigenvalue weighted by atomic mass is 16.6. The monoisotopic (exact) mass is 477 g/mol. The summed E-state index contributed by atoms with van der Waals surface area (Å²) in [5, 5.41) is 4.33. The molecule has 1 saturated heterocycles. The lowest BCUT2D eigenvalue weighted by molar-refractivity contribution is -0.00251. The van der Waals surface area contributed by atoms with E-state index in [4.69, 9.17) is 4.74 Å². The average Bonchev–Trinajstić information content (AvgIpc) is 3.43. The molecule has 0 amide bonds. The number of pyridine rings is 1. The van der Waals surface area contributed by atoms with Crippen molar-refractivity contribution in [3.05, 3.63) is 54.0 Å². The van der Waals surface area contributed by atoms with Gasteiger partial charge in [0, 0.05) is 49.7 Å². The lowest BCUT2D eigenvalue weighted by Gasteiger charge is -2.38. The number of nitrogens with zero attached hydrogens (tertiary/aromatic N) is 5. The van der Waals surface area contributed by atoms with Crippen LogP contribution in [-0.4, -0.2) is 68.8 Å². The van der Waals surface area contributed by atoms with Crippen LogP contribution in [0.15, 0.2) is 37.2 Å². The Kier molecular flexibility index (Phi) is 6.82. The van der Waals surface area contributed by atoms with E-state index in [0.717, 1.165) is 66.1 Å². The largest absolute Gasteiger partial charge is 0.456 e. The number of ether oxygens (including phenoxy) is 1. The minimum absolute atomic E-state index is 0.291. The predicted octanol–water partition coefficient (Wildman–Crippen LogP) is 4.99. The molecule has 0 aromatic carbocycles. The fraction of sp³-hybridized carbons (Fsp3) is 0.500. The molecule has 0 spiro atoms. The SMILES string of the molecule is C=C(c1c(C)c(C(=O)OC(C)(C)CC)cc2cc(-c3ccnn3C)cn12)N1CCC(N(C)C)CC1. The van der Waals surface area contributed by atoms with Crippen molar-refractivity contribution in [2.24, 2.45) is 7.05 Å². The molecule has 0 bridgehead atoms. The van der Waals surface area contributed by atoms with Crippen LogP contribution in [0.2, 0.25) is 0 Å². The third-order valence-corrected chi connectivity index (χ3v) is 7.55. The quantitative estimate of drug-likeness (QED) is 0.449. The molecule has 7 nitrogen and oxygen atoms in total. The molecule has 0 unspecified atom stereocenters. The van der Waals surface area contributed by atoms with E-state index < -0.39 is 5.60 Å². The van der Waals surface area contributed by atoms with Gasteiger partial charge in [-0.25, -0.2) is 4.79 Å². The van der Waals surface area contributed by atoms with E-state index in [0.29, 0.717) is 11.6 Å². The summed E-state index contributed by atoms with van der Waals surface area (Å²) in [6.07, 6.45) is 6.85. The maximum absolute atomic E-state index is 13.3. The van der Waals surface area contributed by atoms with Crippen LogP contribution in [0, 0.1) is 6.92 Å². The maximum atomic E-state index is 13.3. The molecular formula is C28H39N5O2. The first-order valence-electron chi connectivity index (χ1n) is 12.5. The first kappa shape index (κ1) is 25.0. The van der Waals surface area contributed by atoms with Crippen LogP contribution in [0.25, 0.3) is 22.5 Å². The summed E-state index contributed by atoms with van der Waals surface area (Å²) >= 11 is 0. The number of piperidine rings is 1. The number of likely N-dealkylation sites (tertiary alicyclic amines) is 1. The Hall–Kier alpha value is -3.06. The van der Waals surface area contributed by atoms with Gasteiger partial charge in [0.25, 0.3) is 0 Å². The molecule has 3 aromatic heterocycles. The van der Waals surface area contributed by atoms with Crippen LogP contribution in [0.4, 0.5) is 0 Å². The number of carbonyl (C=O) groups is 1. The number of esters is 1. The van der Waals surface area contributed by atoms with Gasteiger partial charge in [0.2, 0.25) is 0 Å². The molecule has 0 aliphatic carbocycles. The van der Waals surface area contributed by atoms with Crippen molar-refractivity contribution in [3.63, 3.8) is 0 Å². The molecule has 0 atom stereocenters. The molecular weight excluding hydrogens is 438 g/mol. The van der Waals surface area contributed by atoms with E-state index in [1.165, 1.54) is 0 Å². The van der Waals surface area contributed by atoms with Crippen molar-refractivity contribution in [3.8, 4) is 11.3 Å². The minimum Gasteiger partial charge on any atom is -0.456 e. The number of fused-ring (bicyclic) bond motifs is 1. The Morgan fingerprint density at radius 3 is 2.51 bits per heavy atom. The van der Waals surface area contributed by atoms with E-state index in [2.05, 4.69) is 52.2 Å². The molecule has 4 rings (SSSR count). The van der Waals surface area contributed by atoms with Crippen molar-refractivity contribution in [2.45, 2.75) is 58.6 Å². The molecule has 7 heteroatoms. The molecule has 1 aliphatic heterocycles. The number of rotatable bonds is 7. The zero-order valence-electron chi connectivity index (χ0n) is 22.3. The van der Waals surface area contributed by atoms with Crippen molar-refractivity contribution >= 4 is 17.2 Å². The van der Waals surface area contributed by atoms with Crippen LogP contribution in [0.5, 0.6) is 0 Å². The van der Waals surface area contributed by atoms with E-state index >= 15 is 0 Å². The first-order valence-corrected chi connectivity index (χ1v) is 12.5. The summed E-state index contributed by atoms with van der Waals surface area (Å²) < 4.78 is 9.94. The van der Waals surface area contributed by atoms with Gasteiger partial charge in [-0.1, -0.05) is 13.5 Å². The summed E-state index contributed by atoms with van der Waals surface area (Å²) in [4.78, 5) is 18.0. The fourth-order valence-electron chi connectivity index (χ4n) is 4.89. The third kappa shape index (κ3) is 4.87. The molecule has 0 radical (unpaired) electrons. The Morgan fingerprint density at radius 1 is 1.26 bits per heavy atom. The first-order chi connectivity index (χ1) is 16.5. The minimum atomic E-state index is -0.525. The van der Waals surface area contributed by atoms with Crippen LogP contribution in [0.3, 0.4) is 0 Å². The van der Waals surface area contributed by atoms with E-state index in [-0.39, 0.29) is 5.97 Å². The number of hydrogen-bond donors (Lipinski definition) is 0. The number of aromatic nitrogens is 3. The Bertz CT molecular complexity index is 1240. The highest BCUT2D eigenvalue weighted by Crippen LogP contribution is 2.33. The van der Waals surface area contributed by atoms with Gasteiger partial charge in [0.1, 0.15) is 5.60 Å². The van der Waals surface area contributed by atoms with Crippen LogP contribution >= 0.6 is 0 Å². The summed E-state index contributed by atoms with van der Waals surface area (Å²) in [5.41, 5.74) is 5.86. The van der Waals surface area contributed by atoms with Crippen LogP contribution in [0.1, 0.15) is 61.6 Å². The topological polar surface area (TPSA) is 55.0 Å². The molecule has 1 aliphatic rings. The second-order valence-electron chi connectivity index (χ2n) is 10.5. The van der Waals surface area contributed by atoms with Gasteiger partial charge < -0.3 is 18.9 Å². The lowest BCUT2D eigenvalue weighted by Crippen LogP contribution is -2.41. The number of aryl methyl sites for hydroxylation is 1. The molecule has 0 N–H and O–H groups in total. The highest BCUT2D eigenvalue weighted by molar-refractivity contribution is 5.95. The van der Waals surface area contributed by atoms with Gasteiger partial charge in [-0.05, 0) is 77.9 Å². The van der Waals surface area contributed by atoms with E-state index in [9.17, 15) is 4.79 Å². The smallest absolute Gasteiger partial charge is 0.339 e. The number of carbonyl (C=O) groups excluding carboxylic acids is 1. The second-order valence-corrected chi connectivity index (χ2v) is 10.5.